The van der Waals surface area contributed by atoms with Crippen molar-refractivity contribution in [3.05, 3.63) is 77.0 Å². The summed E-state index contributed by atoms with van der Waals surface area (Å²) in [6.45, 7) is 9.66. The minimum atomic E-state index is -0.333. The monoisotopic (exact) mass is 511 g/mol. The number of piperazine rings is 1. The van der Waals surface area contributed by atoms with E-state index in [1.165, 1.54) is 24.3 Å². The van der Waals surface area contributed by atoms with Crippen molar-refractivity contribution in [2.24, 2.45) is 0 Å². The van der Waals surface area contributed by atoms with E-state index in [2.05, 4.69) is 16.7 Å². The highest BCUT2D eigenvalue weighted by atomic mass is 19.1. The van der Waals surface area contributed by atoms with Gasteiger partial charge in [-0.05, 0) is 49.4 Å². The number of likely N-dealkylation sites (N-methyl/N-ethyl adjacent to an activating group) is 1. The number of methoxy groups -OCH3 is 1. The summed E-state index contributed by atoms with van der Waals surface area (Å²) in [7, 11) is 1.61. The highest BCUT2D eigenvalue weighted by Crippen LogP contribution is 2.30. The maximum atomic E-state index is 14.2. The maximum Gasteiger partial charge on any atom is 0.227 e. The average Bonchev–Trinajstić information content (AvgIpc) is 3.23. The molecule has 1 aliphatic heterocycles. The van der Waals surface area contributed by atoms with Gasteiger partial charge in [0, 0.05) is 45.4 Å². The lowest BCUT2D eigenvalue weighted by atomic mass is 10.1. The fourth-order valence-corrected chi connectivity index (χ4v) is 4.69. The van der Waals surface area contributed by atoms with Crippen LogP contribution in [0.2, 0.25) is 0 Å². The molecule has 0 aliphatic carbocycles. The van der Waals surface area contributed by atoms with Crippen molar-refractivity contribution in [1.29, 1.82) is 0 Å². The van der Waals surface area contributed by atoms with Crippen molar-refractivity contribution in [3.63, 3.8) is 0 Å². The molecule has 0 spiro atoms. The number of carbonyl (C=O) groups excluding carboxylic acids is 1. The van der Waals surface area contributed by atoms with Gasteiger partial charge < -0.3 is 19.4 Å². The lowest BCUT2D eigenvalue weighted by molar-refractivity contribution is -0.131. The molecule has 0 radical (unpaired) electrons. The second-order valence-electron chi connectivity index (χ2n) is 9.31. The minimum Gasteiger partial charge on any atom is -0.383 e. The van der Waals surface area contributed by atoms with E-state index in [4.69, 9.17) is 9.84 Å². The first-order valence-corrected chi connectivity index (χ1v) is 12.7. The SMILES string of the molecule is CCN1CCN(c2c(CN(CCOC)C(=O)Cc3ccc(F)cc3)c(C)nn2-c2cccc(F)c2)CC1. The fraction of sp³-hybridized carbons (Fsp3) is 0.429. The number of amides is 1. The molecule has 9 heteroatoms. The van der Waals surface area contributed by atoms with Crippen molar-refractivity contribution in [2.75, 3.05) is 57.9 Å². The van der Waals surface area contributed by atoms with E-state index >= 15 is 0 Å². The molecule has 1 aromatic heterocycles. The third-order valence-corrected chi connectivity index (χ3v) is 6.86. The molecule has 4 rings (SSSR count). The topological polar surface area (TPSA) is 53.8 Å². The van der Waals surface area contributed by atoms with Crippen LogP contribution in [0.4, 0.5) is 14.6 Å². The third-order valence-electron chi connectivity index (χ3n) is 6.86. The molecule has 7 nitrogen and oxygen atoms in total. The molecule has 198 valence electrons. The van der Waals surface area contributed by atoms with E-state index in [9.17, 15) is 13.6 Å². The molecule has 0 unspecified atom stereocenters. The van der Waals surface area contributed by atoms with E-state index in [0.29, 0.717) is 25.4 Å². The third kappa shape index (κ3) is 6.53. The van der Waals surface area contributed by atoms with E-state index in [0.717, 1.165) is 55.4 Å². The van der Waals surface area contributed by atoms with Gasteiger partial charge in [-0.15, -0.1) is 0 Å². The Morgan fingerprint density at radius 3 is 2.43 bits per heavy atom. The minimum absolute atomic E-state index is 0.0803. The standard InChI is InChI=1S/C28H35F2N5O2/c1-4-32-12-14-33(15-13-32)28-26(21(2)31-35(28)25-7-5-6-24(30)19-25)20-34(16-17-37-3)27(36)18-22-8-10-23(29)11-9-22/h5-11,19H,4,12-18,20H2,1-3H3. The van der Waals surface area contributed by atoms with Crippen molar-refractivity contribution in [2.45, 2.75) is 26.8 Å². The molecule has 1 fully saturated rings. The normalized spacial score (nSPS) is 14.2. The Morgan fingerprint density at radius 2 is 1.78 bits per heavy atom. The van der Waals surface area contributed by atoms with Gasteiger partial charge in [0.05, 0.1) is 31.0 Å². The summed E-state index contributed by atoms with van der Waals surface area (Å²) in [5, 5.41) is 4.81. The number of nitrogens with zero attached hydrogens (tertiary/aromatic N) is 5. The first-order chi connectivity index (χ1) is 17.9. The summed E-state index contributed by atoms with van der Waals surface area (Å²) in [5.41, 5.74) is 3.10. The highest BCUT2D eigenvalue weighted by Gasteiger charge is 2.27. The molecule has 3 aromatic rings. The largest absolute Gasteiger partial charge is 0.383 e. The zero-order valence-corrected chi connectivity index (χ0v) is 21.8. The van der Waals surface area contributed by atoms with Crippen molar-refractivity contribution < 1.29 is 18.3 Å². The van der Waals surface area contributed by atoms with Gasteiger partial charge in [0.1, 0.15) is 17.5 Å². The molecule has 0 bridgehead atoms. The second-order valence-corrected chi connectivity index (χ2v) is 9.31. The molecule has 0 saturated carbocycles. The number of rotatable bonds is 10. The van der Waals surface area contributed by atoms with Crippen LogP contribution in [0.1, 0.15) is 23.7 Å². The Kier molecular flexibility index (Phi) is 8.89. The van der Waals surface area contributed by atoms with Gasteiger partial charge in [-0.25, -0.2) is 13.5 Å². The van der Waals surface area contributed by atoms with E-state index in [1.807, 2.05) is 13.0 Å². The van der Waals surface area contributed by atoms with Gasteiger partial charge >= 0.3 is 0 Å². The molecular formula is C28H35F2N5O2. The van der Waals surface area contributed by atoms with E-state index in [1.54, 1.807) is 34.9 Å². The van der Waals surface area contributed by atoms with Crippen molar-refractivity contribution >= 4 is 11.7 Å². The summed E-state index contributed by atoms with van der Waals surface area (Å²) in [5.74, 6) is 0.143. The average molecular weight is 512 g/mol. The van der Waals surface area contributed by atoms with Crippen LogP contribution in [-0.2, 0) is 22.5 Å². The van der Waals surface area contributed by atoms with Crippen LogP contribution in [0.25, 0.3) is 5.69 Å². The number of anilines is 1. The summed E-state index contributed by atoms with van der Waals surface area (Å²) in [6.07, 6.45) is 0.158. The Morgan fingerprint density at radius 1 is 1.05 bits per heavy atom. The number of aromatic nitrogens is 2. The summed E-state index contributed by atoms with van der Waals surface area (Å²) in [6, 6.07) is 12.4. The number of hydrogen-bond acceptors (Lipinski definition) is 5. The van der Waals surface area contributed by atoms with Crippen LogP contribution in [0, 0.1) is 18.6 Å². The number of aryl methyl sites for hydroxylation is 1. The molecule has 1 aliphatic rings. The van der Waals surface area contributed by atoms with Crippen LogP contribution in [0.3, 0.4) is 0 Å². The smallest absolute Gasteiger partial charge is 0.227 e. The number of hydrogen-bond donors (Lipinski definition) is 0. The van der Waals surface area contributed by atoms with Crippen LogP contribution in [0.5, 0.6) is 0 Å². The summed E-state index contributed by atoms with van der Waals surface area (Å²) < 4.78 is 34.6. The van der Waals surface area contributed by atoms with E-state index < -0.39 is 0 Å². The van der Waals surface area contributed by atoms with E-state index in [-0.39, 0.29) is 24.0 Å². The fourth-order valence-electron chi connectivity index (χ4n) is 4.69. The van der Waals surface area contributed by atoms with Gasteiger partial charge in [0.15, 0.2) is 0 Å². The quantitative estimate of drug-likeness (QED) is 0.414. The van der Waals surface area contributed by atoms with Gasteiger partial charge in [0.2, 0.25) is 5.91 Å². The van der Waals surface area contributed by atoms with Crippen LogP contribution >= 0.6 is 0 Å². The Labute approximate surface area is 217 Å². The van der Waals surface area contributed by atoms with Crippen LogP contribution in [0.15, 0.2) is 48.5 Å². The number of benzene rings is 2. The molecule has 0 N–H and O–H groups in total. The Hall–Kier alpha value is -3.30. The number of halogens is 2. The lowest BCUT2D eigenvalue weighted by Gasteiger charge is -2.36. The predicted molar refractivity (Wildman–Crippen MR) is 140 cm³/mol. The highest BCUT2D eigenvalue weighted by molar-refractivity contribution is 5.79. The van der Waals surface area contributed by atoms with Gasteiger partial charge in [-0.1, -0.05) is 25.1 Å². The zero-order chi connectivity index (χ0) is 26.4. The van der Waals surface area contributed by atoms with Gasteiger partial charge in [-0.2, -0.15) is 5.10 Å². The molecule has 0 atom stereocenters. The van der Waals surface area contributed by atoms with Crippen LogP contribution in [-0.4, -0.2) is 78.5 Å². The lowest BCUT2D eigenvalue weighted by Crippen LogP contribution is -2.47. The van der Waals surface area contributed by atoms with Gasteiger partial charge in [0.25, 0.3) is 0 Å². The van der Waals surface area contributed by atoms with Crippen molar-refractivity contribution in [1.82, 2.24) is 19.6 Å². The van der Waals surface area contributed by atoms with Gasteiger partial charge in [-0.3, -0.25) is 4.79 Å². The number of carbonyl (C=O) groups is 1. The summed E-state index contributed by atoms with van der Waals surface area (Å²) >= 11 is 0. The Balaban J connectivity index is 1.68. The zero-order valence-electron chi connectivity index (χ0n) is 21.8. The molecule has 1 amide bonds. The molecular weight excluding hydrogens is 476 g/mol. The Bertz CT molecular complexity index is 1190. The van der Waals surface area contributed by atoms with Crippen molar-refractivity contribution in [3.8, 4) is 5.69 Å². The predicted octanol–water partition coefficient (Wildman–Crippen LogP) is 3.82. The second kappa shape index (κ2) is 12.3. The molecule has 1 saturated heterocycles. The number of ether oxygens (including phenoxy) is 1. The first-order valence-electron chi connectivity index (χ1n) is 12.7. The summed E-state index contributed by atoms with van der Waals surface area (Å²) in [4.78, 5) is 19.8. The maximum absolute atomic E-state index is 14.2. The molecule has 2 heterocycles. The van der Waals surface area contributed by atoms with Crippen LogP contribution < -0.4 is 4.90 Å². The molecule has 2 aromatic carbocycles. The molecule has 37 heavy (non-hydrogen) atoms. The first kappa shape index (κ1) is 26.8.